The molecule has 2 rings (SSSR count). The Morgan fingerprint density at radius 1 is 1.25 bits per heavy atom. The van der Waals surface area contributed by atoms with Crippen molar-refractivity contribution in [1.82, 2.24) is 0 Å². The predicted molar refractivity (Wildman–Crippen MR) is 48.9 cm³/mol. The average molecular weight is 169 g/mol. The summed E-state index contributed by atoms with van der Waals surface area (Å²) in [6.45, 7) is 1.64. The number of ether oxygens (including phenoxy) is 1. The lowest BCUT2D eigenvalue weighted by molar-refractivity contribution is 0.0162. The minimum atomic E-state index is 0.593. The van der Waals surface area contributed by atoms with Crippen LogP contribution in [-0.4, -0.2) is 19.3 Å². The van der Waals surface area contributed by atoms with Crippen molar-refractivity contribution in [3.8, 4) is 0 Å². The summed E-state index contributed by atoms with van der Waals surface area (Å²) < 4.78 is 5.80. The van der Waals surface area contributed by atoms with Crippen molar-refractivity contribution in [2.75, 3.05) is 13.2 Å². The zero-order chi connectivity index (χ0) is 8.39. The van der Waals surface area contributed by atoms with Gasteiger partial charge in [0.05, 0.1) is 6.10 Å². The van der Waals surface area contributed by atoms with Gasteiger partial charge in [0.25, 0.3) is 0 Å². The highest BCUT2D eigenvalue weighted by atomic mass is 16.5. The molecular weight excluding hydrogens is 150 g/mol. The number of nitrogens with two attached hydrogens (primary N) is 1. The van der Waals surface area contributed by atoms with Crippen LogP contribution in [0.25, 0.3) is 0 Å². The second kappa shape index (κ2) is 3.75. The molecule has 0 aromatic heterocycles. The molecule has 0 spiro atoms. The third-order valence-corrected chi connectivity index (χ3v) is 3.35. The van der Waals surface area contributed by atoms with Crippen LogP contribution < -0.4 is 5.73 Å². The summed E-state index contributed by atoms with van der Waals surface area (Å²) in [4.78, 5) is 0. The van der Waals surface area contributed by atoms with E-state index < -0.39 is 0 Å². The van der Waals surface area contributed by atoms with Crippen molar-refractivity contribution < 1.29 is 4.74 Å². The van der Waals surface area contributed by atoms with Gasteiger partial charge in [0.2, 0.25) is 0 Å². The van der Waals surface area contributed by atoms with Gasteiger partial charge in [-0.1, -0.05) is 0 Å². The maximum Gasteiger partial charge on any atom is 0.0606 e. The Kier molecular flexibility index (Phi) is 2.66. The van der Waals surface area contributed by atoms with E-state index in [1.54, 1.807) is 0 Å². The standard InChI is InChI=1S/C10H19NO/c11-4-1-5-12-10-7-8-2-3-9(10)6-8/h8-10H,1-7,11H2. The number of fused-ring (bicyclic) bond motifs is 2. The number of hydrogen-bond acceptors (Lipinski definition) is 2. The molecule has 2 N–H and O–H groups in total. The Balaban J connectivity index is 1.69. The van der Waals surface area contributed by atoms with Gasteiger partial charge in [-0.3, -0.25) is 0 Å². The molecule has 3 unspecified atom stereocenters. The first kappa shape index (κ1) is 8.52. The van der Waals surface area contributed by atoms with Crippen molar-refractivity contribution in [1.29, 1.82) is 0 Å². The highest BCUT2D eigenvalue weighted by Gasteiger charge is 2.39. The Bertz CT molecular complexity index is 149. The molecule has 12 heavy (non-hydrogen) atoms. The number of rotatable bonds is 4. The van der Waals surface area contributed by atoms with Gasteiger partial charge in [-0.15, -0.1) is 0 Å². The smallest absolute Gasteiger partial charge is 0.0606 e. The fourth-order valence-electron chi connectivity index (χ4n) is 2.71. The van der Waals surface area contributed by atoms with Gasteiger partial charge in [0.15, 0.2) is 0 Å². The van der Waals surface area contributed by atoms with Crippen LogP contribution in [0, 0.1) is 11.8 Å². The van der Waals surface area contributed by atoms with Crippen molar-refractivity contribution in [2.45, 2.75) is 38.2 Å². The monoisotopic (exact) mass is 169 g/mol. The van der Waals surface area contributed by atoms with E-state index in [0.717, 1.165) is 31.4 Å². The summed E-state index contributed by atoms with van der Waals surface area (Å²) in [7, 11) is 0. The minimum Gasteiger partial charge on any atom is -0.378 e. The molecular formula is C10H19NO. The molecule has 0 aromatic rings. The Morgan fingerprint density at radius 2 is 2.17 bits per heavy atom. The van der Waals surface area contributed by atoms with Crippen LogP contribution in [0.1, 0.15) is 32.1 Å². The molecule has 0 radical (unpaired) electrons. The lowest BCUT2D eigenvalue weighted by Gasteiger charge is -2.21. The molecule has 2 aliphatic carbocycles. The molecule has 2 heteroatoms. The van der Waals surface area contributed by atoms with E-state index >= 15 is 0 Å². The fraction of sp³-hybridized carbons (Fsp3) is 1.00. The summed E-state index contributed by atoms with van der Waals surface area (Å²) in [6, 6.07) is 0. The molecule has 2 fully saturated rings. The van der Waals surface area contributed by atoms with Gasteiger partial charge in [0.1, 0.15) is 0 Å². The van der Waals surface area contributed by atoms with Crippen LogP contribution in [0.15, 0.2) is 0 Å². The molecule has 0 saturated heterocycles. The summed E-state index contributed by atoms with van der Waals surface area (Å²) in [5.41, 5.74) is 5.41. The van der Waals surface area contributed by atoms with E-state index in [4.69, 9.17) is 10.5 Å². The maximum absolute atomic E-state index is 5.80. The quantitative estimate of drug-likeness (QED) is 0.648. The molecule has 3 atom stereocenters. The van der Waals surface area contributed by atoms with Crippen molar-refractivity contribution in [3.63, 3.8) is 0 Å². The molecule has 0 aliphatic heterocycles. The number of hydrogen-bond donors (Lipinski definition) is 1. The van der Waals surface area contributed by atoms with E-state index in [2.05, 4.69) is 0 Å². The summed E-state index contributed by atoms with van der Waals surface area (Å²) in [5, 5.41) is 0. The molecule has 0 aromatic carbocycles. The molecule has 0 heterocycles. The van der Waals surface area contributed by atoms with Gasteiger partial charge in [-0.2, -0.15) is 0 Å². The first-order valence-corrected chi connectivity index (χ1v) is 5.22. The highest BCUT2D eigenvalue weighted by molar-refractivity contribution is 4.90. The van der Waals surface area contributed by atoms with E-state index in [9.17, 15) is 0 Å². The first-order valence-electron chi connectivity index (χ1n) is 5.22. The van der Waals surface area contributed by atoms with Gasteiger partial charge in [-0.05, 0) is 50.5 Å². The van der Waals surface area contributed by atoms with Gasteiger partial charge < -0.3 is 10.5 Å². The molecule has 2 bridgehead atoms. The molecule has 0 amide bonds. The highest BCUT2D eigenvalue weighted by Crippen LogP contribution is 2.45. The van der Waals surface area contributed by atoms with Crippen molar-refractivity contribution in [2.24, 2.45) is 17.6 Å². The van der Waals surface area contributed by atoms with Crippen LogP contribution in [-0.2, 0) is 4.74 Å². The summed E-state index contributed by atoms with van der Waals surface area (Å²) >= 11 is 0. The molecule has 2 nitrogen and oxygen atoms in total. The zero-order valence-corrected chi connectivity index (χ0v) is 7.67. The Labute approximate surface area is 74.5 Å². The lowest BCUT2D eigenvalue weighted by Crippen LogP contribution is -2.21. The third kappa shape index (κ3) is 1.64. The zero-order valence-electron chi connectivity index (χ0n) is 7.67. The topological polar surface area (TPSA) is 35.2 Å². The Hall–Kier alpha value is -0.0800. The first-order chi connectivity index (χ1) is 5.90. The van der Waals surface area contributed by atoms with E-state index in [0.29, 0.717) is 6.10 Å². The van der Waals surface area contributed by atoms with Crippen molar-refractivity contribution >= 4 is 0 Å². The van der Waals surface area contributed by atoms with Crippen molar-refractivity contribution in [3.05, 3.63) is 0 Å². The van der Waals surface area contributed by atoms with Crippen LogP contribution in [0.3, 0.4) is 0 Å². The average Bonchev–Trinajstić information content (AvgIpc) is 2.65. The largest absolute Gasteiger partial charge is 0.378 e. The molecule has 2 saturated carbocycles. The van der Waals surface area contributed by atoms with E-state index in [-0.39, 0.29) is 0 Å². The molecule has 70 valence electrons. The van der Waals surface area contributed by atoms with Gasteiger partial charge >= 0.3 is 0 Å². The normalized spacial score (nSPS) is 39.2. The second-order valence-corrected chi connectivity index (χ2v) is 4.23. The third-order valence-electron chi connectivity index (χ3n) is 3.35. The predicted octanol–water partition coefficient (Wildman–Crippen LogP) is 1.54. The van der Waals surface area contributed by atoms with Crippen LogP contribution in [0.4, 0.5) is 0 Å². The Morgan fingerprint density at radius 3 is 2.75 bits per heavy atom. The van der Waals surface area contributed by atoms with Crippen LogP contribution in [0.2, 0.25) is 0 Å². The van der Waals surface area contributed by atoms with Gasteiger partial charge in [0, 0.05) is 6.61 Å². The van der Waals surface area contributed by atoms with Crippen LogP contribution in [0.5, 0.6) is 0 Å². The summed E-state index contributed by atoms with van der Waals surface area (Å²) in [5.74, 6) is 1.89. The maximum atomic E-state index is 5.80. The second-order valence-electron chi connectivity index (χ2n) is 4.23. The SMILES string of the molecule is NCCCOC1CC2CCC1C2. The summed E-state index contributed by atoms with van der Waals surface area (Å²) in [6.07, 6.45) is 7.26. The minimum absolute atomic E-state index is 0.593. The van der Waals surface area contributed by atoms with E-state index in [1.165, 1.54) is 25.7 Å². The van der Waals surface area contributed by atoms with Gasteiger partial charge in [-0.25, -0.2) is 0 Å². The van der Waals surface area contributed by atoms with E-state index in [1.807, 2.05) is 0 Å². The molecule has 2 aliphatic rings. The van der Waals surface area contributed by atoms with Crippen LogP contribution >= 0.6 is 0 Å². The fourth-order valence-corrected chi connectivity index (χ4v) is 2.71. The lowest BCUT2D eigenvalue weighted by atomic mass is 9.98.